The van der Waals surface area contributed by atoms with Crippen LogP contribution in [0.5, 0.6) is 11.6 Å². The molecule has 2 aromatic rings. The third-order valence-electron chi connectivity index (χ3n) is 2.24. The van der Waals surface area contributed by atoms with Gasteiger partial charge in [-0.15, -0.1) is 0 Å². The van der Waals surface area contributed by atoms with Gasteiger partial charge in [0.25, 0.3) is 0 Å². The van der Waals surface area contributed by atoms with Crippen molar-refractivity contribution in [1.82, 2.24) is 4.98 Å². The average molecular weight is 317 g/mol. The summed E-state index contributed by atoms with van der Waals surface area (Å²) in [5.74, 6) is 0.594. The van der Waals surface area contributed by atoms with Crippen LogP contribution in [-0.4, -0.2) is 10.8 Å². The van der Waals surface area contributed by atoms with E-state index >= 15 is 0 Å². The van der Waals surface area contributed by atoms with Crippen molar-refractivity contribution >= 4 is 40.6 Å². The van der Waals surface area contributed by atoms with Gasteiger partial charge in [0.15, 0.2) is 0 Å². The largest absolute Gasteiger partial charge is 0.437 e. The molecule has 0 fully saturated rings. The first-order valence-corrected chi connectivity index (χ1v) is 6.23. The number of pyridine rings is 1. The van der Waals surface area contributed by atoms with Gasteiger partial charge in [0.05, 0.1) is 15.1 Å². The average Bonchev–Trinajstić information content (AvgIpc) is 2.36. The maximum absolute atomic E-state index is 7.26. The van der Waals surface area contributed by atoms with E-state index in [1.54, 1.807) is 12.1 Å². The summed E-state index contributed by atoms with van der Waals surface area (Å²) >= 11 is 17.7. The van der Waals surface area contributed by atoms with Crippen LogP contribution in [0.4, 0.5) is 0 Å². The number of benzene rings is 1. The van der Waals surface area contributed by atoms with Gasteiger partial charge in [-0.05, 0) is 12.1 Å². The molecule has 0 aliphatic heterocycles. The molecule has 1 heterocycles. The van der Waals surface area contributed by atoms with Crippen molar-refractivity contribution in [3.05, 3.63) is 51.1 Å². The highest BCUT2D eigenvalue weighted by atomic mass is 35.5. The van der Waals surface area contributed by atoms with Gasteiger partial charge in [0.2, 0.25) is 5.88 Å². The van der Waals surface area contributed by atoms with Crippen molar-refractivity contribution < 1.29 is 4.74 Å². The van der Waals surface area contributed by atoms with Gasteiger partial charge in [-0.3, -0.25) is 5.41 Å². The van der Waals surface area contributed by atoms with E-state index in [-0.39, 0.29) is 5.84 Å². The van der Waals surface area contributed by atoms with Gasteiger partial charge in [-0.25, -0.2) is 4.98 Å². The Labute approximate surface area is 124 Å². The van der Waals surface area contributed by atoms with Crippen LogP contribution in [0.1, 0.15) is 5.56 Å². The third kappa shape index (κ3) is 3.29. The van der Waals surface area contributed by atoms with Crippen molar-refractivity contribution in [2.24, 2.45) is 5.73 Å². The number of hydrogen-bond acceptors (Lipinski definition) is 3. The molecule has 2 rings (SSSR count). The lowest BCUT2D eigenvalue weighted by molar-refractivity contribution is 0.463. The van der Waals surface area contributed by atoms with Crippen LogP contribution in [-0.2, 0) is 0 Å². The van der Waals surface area contributed by atoms with Crippen molar-refractivity contribution in [3.63, 3.8) is 0 Å². The lowest BCUT2D eigenvalue weighted by Gasteiger charge is -2.08. The predicted octanol–water partition coefficient (Wildman–Crippen LogP) is 4.12. The summed E-state index contributed by atoms with van der Waals surface area (Å²) in [6.07, 6.45) is 1.43. The summed E-state index contributed by atoms with van der Waals surface area (Å²) in [5.41, 5.74) is 5.83. The van der Waals surface area contributed by atoms with Gasteiger partial charge in [-0.1, -0.05) is 34.8 Å². The van der Waals surface area contributed by atoms with Crippen LogP contribution < -0.4 is 10.5 Å². The molecule has 0 unspecified atom stereocenters. The van der Waals surface area contributed by atoms with E-state index in [0.29, 0.717) is 32.3 Å². The van der Waals surface area contributed by atoms with E-state index in [2.05, 4.69) is 4.98 Å². The molecule has 0 atom stereocenters. The summed E-state index contributed by atoms with van der Waals surface area (Å²) in [4.78, 5) is 4.01. The number of hydrogen-bond donors (Lipinski definition) is 2. The molecule has 0 bridgehead atoms. The minimum atomic E-state index is -0.0633. The lowest BCUT2D eigenvalue weighted by Crippen LogP contribution is -2.11. The van der Waals surface area contributed by atoms with E-state index in [9.17, 15) is 0 Å². The maximum Gasteiger partial charge on any atom is 0.219 e. The Morgan fingerprint density at radius 2 is 1.79 bits per heavy atom. The Bertz CT molecular complexity index is 629. The summed E-state index contributed by atoms with van der Waals surface area (Å²) in [6.45, 7) is 0. The Morgan fingerprint density at radius 1 is 1.11 bits per heavy atom. The number of nitrogen functional groups attached to an aromatic ring is 1. The Morgan fingerprint density at radius 3 is 2.37 bits per heavy atom. The van der Waals surface area contributed by atoms with Crippen molar-refractivity contribution in [2.75, 3.05) is 0 Å². The van der Waals surface area contributed by atoms with Gasteiger partial charge >= 0.3 is 0 Å². The van der Waals surface area contributed by atoms with E-state index in [1.807, 2.05) is 0 Å². The Kier molecular flexibility index (Phi) is 4.14. The molecule has 19 heavy (non-hydrogen) atoms. The Hall–Kier alpha value is -1.49. The first-order chi connectivity index (χ1) is 8.97. The van der Waals surface area contributed by atoms with Crippen LogP contribution in [0.25, 0.3) is 0 Å². The molecule has 0 saturated carbocycles. The highest BCUT2D eigenvalue weighted by Crippen LogP contribution is 2.35. The molecule has 98 valence electrons. The molecule has 4 nitrogen and oxygen atoms in total. The molecular weight excluding hydrogens is 309 g/mol. The second-order valence-electron chi connectivity index (χ2n) is 3.60. The molecule has 1 aromatic carbocycles. The molecule has 0 aliphatic carbocycles. The number of nitrogens with two attached hydrogens (primary N) is 1. The van der Waals surface area contributed by atoms with Crippen LogP contribution in [0.3, 0.4) is 0 Å². The van der Waals surface area contributed by atoms with Gasteiger partial charge in [-0.2, -0.15) is 0 Å². The van der Waals surface area contributed by atoms with Crippen LogP contribution in [0, 0.1) is 5.41 Å². The zero-order valence-corrected chi connectivity index (χ0v) is 11.7. The van der Waals surface area contributed by atoms with Crippen LogP contribution in [0.2, 0.25) is 15.1 Å². The highest BCUT2D eigenvalue weighted by Gasteiger charge is 2.09. The Balaban J connectivity index is 2.26. The highest BCUT2D eigenvalue weighted by molar-refractivity contribution is 6.43. The molecule has 0 saturated heterocycles. The number of aromatic nitrogens is 1. The predicted molar refractivity (Wildman–Crippen MR) is 76.8 cm³/mol. The summed E-state index contributed by atoms with van der Waals surface area (Å²) in [6, 6.07) is 6.20. The van der Waals surface area contributed by atoms with Crippen molar-refractivity contribution in [2.45, 2.75) is 0 Å². The molecule has 1 aromatic heterocycles. The summed E-state index contributed by atoms with van der Waals surface area (Å²) in [7, 11) is 0. The maximum atomic E-state index is 7.26. The van der Waals surface area contributed by atoms with Crippen molar-refractivity contribution in [1.29, 1.82) is 5.41 Å². The number of ether oxygens (including phenoxy) is 1. The van der Waals surface area contributed by atoms with Crippen molar-refractivity contribution in [3.8, 4) is 11.6 Å². The van der Waals surface area contributed by atoms with Gasteiger partial charge in [0, 0.05) is 23.9 Å². The zero-order valence-electron chi connectivity index (χ0n) is 9.45. The molecule has 0 aliphatic rings. The smallest absolute Gasteiger partial charge is 0.219 e. The minimum Gasteiger partial charge on any atom is -0.437 e. The number of nitrogens with zero attached hydrogens (tertiary/aromatic N) is 1. The minimum absolute atomic E-state index is 0.0633. The number of nitrogens with one attached hydrogen (secondary N) is 1. The first-order valence-electron chi connectivity index (χ1n) is 5.10. The van der Waals surface area contributed by atoms with E-state index in [1.165, 1.54) is 18.3 Å². The number of halogens is 3. The molecule has 0 radical (unpaired) electrons. The third-order valence-corrected chi connectivity index (χ3v) is 3.25. The monoisotopic (exact) mass is 315 g/mol. The standard InChI is InChI=1S/C12H8Cl3N3O/c13-7-3-9(15)10(4-8(7)14)19-11-2-1-6(5-18-11)12(16)17/h1-5H,(H3,16,17). The summed E-state index contributed by atoms with van der Waals surface area (Å²) < 4.78 is 5.48. The first kappa shape index (κ1) is 13.9. The fraction of sp³-hybridized carbons (Fsp3) is 0. The molecule has 7 heteroatoms. The van der Waals surface area contributed by atoms with Crippen LogP contribution in [0.15, 0.2) is 30.5 Å². The SMILES string of the molecule is N=C(N)c1ccc(Oc2cc(Cl)c(Cl)cc2Cl)nc1. The molecule has 0 spiro atoms. The lowest BCUT2D eigenvalue weighted by atomic mass is 10.3. The second kappa shape index (κ2) is 5.65. The van der Waals surface area contributed by atoms with E-state index in [0.717, 1.165) is 0 Å². The fourth-order valence-electron chi connectivity index (χ4n) is 1.30. The number of rotatable bonds is 3. The summed E-state index contributed by atoms with van der Waals surface area (Å²) in [5, 5.41) is 8.26. The molecule has 3 N–H and O–H groups in total. The van der Waals surface area contributed by atoms with E-state index < -0.39 is 0 Å². The van der Waals surface area contributed by atoms with E-state index in [4.69, 9.17) is 50.7 Å². The zero-order chi connectivity index (χ0) is 14.0. The molecular formula is C12H8Cl3N3O. The quantitative estimate of drug-likeness (QED) is 0.508. The fourth-order valence-corrected chi connectivity index (χ4v) is 1.87. The number of amidine groups is 1. The van der Waals surface area contributed by atoms with Gasteiger partial charge < -0.3 is 10.5 Å². The van der Waals surface area contributed by atoms with Crippen LogP contribution >= 0.6 is 34.8 Å². The van der Waals surface area contributed by atoms with Gasteiger partial charge in [0.1, 0.15) is 11.6 Å². The second-order valence-corrected chi connectivity index (χ2v) is 4.82. The molecule has 0 amide bonds. The topological polar surface area (TPSA) is 72.0 Å². The normalized spacial score (nSPS) is 10.3.